The van der Waals surface area contributed by atoms with Crippen LogP contribution in [0.3, 0.4) is 0 Å². The molecule has 3 fully saturated rings. The van der Waals surface area contributed by atoms with Crippen LogP contribution in [0.1, 0.15) is 174 Å². The Balaban J connectivity index is 1.63. The van der Waals surface area contributed by atoms with Gasteiger partial charge in [-0.25, -0.2) is 4.57 Å². The van der Waals surface area contributed by atoms with Gasteiger partial charge in [0.2, 0.25) is 0 Å². The van der Waals surface area contributed by atoms with Crippen LogP contribution in [0.15, 0.2) is 85.3 Å². The molecule has 3 aliphatic rings. The van der Waals surface area contributed by atoms with Crippen molar-refractivity contribution >= 4 is 13.8 Å². The van der Waals surface area contributed by atoms with Crippen LogP contribution in [0.25, 0.3) is 0 Å². The van der Waals surface area contributed by atoms with Gasteiger partial charge < -0.3 is 20.1 Å². The van der Waals surface area contributed by atoms with Gasteiger partial charge in [-0.3, -0.25) is 13.8 Å². The second-order valence-corrected chi connectivity index (χ2v) is 16.7. The third kappa shape index (κ3) is 21.9. The Bertz CT molecular complexity index is 1280. The fraction of sp³-hybridized carbons (Fsp3) is 0.681. The van der Waals surface area contributed by atoms with Crippen molar-refractivity contribution < 1.29 is 32.8 Å². The van der Waals surface area contributed by atoms with Crippen molar-refractivity contribution in [3.05, 3.63) is 85.3 Å². The van der Waals surface area contributed by atoms with Gasteiger partial charge in [-0.15, -0.1) is 0 Å². The minimum Gasteiger partial charge on any atom is -0.491 e. The topological polar surface area (TPSA) is 117 Å². The first-order valence-electron chi connectivity index (χ1n) is 22.1. The Kier molecular flexibility index (Phi) is 27.9. The summed E-state index contributed by atoms with van der Waals surface area (Å²) in [6, 6.07) is 0. The maximum atomic E-state index is 12.9. The van der Waals surface area contributed by atoms with Gasteiger partial charge in [0.1, 0.15) is 5.60 Å². The van der Waals surface area contributed by atoms with Crippen LogP contribution in [0.5, 0.6) is 0 Å². The zero-order valence-electron chi connectivity index (χ0n) is 35.2. The average Bonchev–Trinajstić information content (AvgIpc) is 3.17. The first kappa shape index (κ1) is 49.7. The summed E-state index contributed by atoms with van der Waals surface area (Å²) in [5, 5.41) is 0. The third-order valence-electron chi connectivity index (χ3n) is 10.3. The molecular formula is C47H78NO7P. The lowest BCUT2D eigenvalue weighted by molar-refractivity contribution is -0.368. The zero-order valence-corrected chi connectivity index (χ0v) is 36.1. The van der Waals surface area contributed by atoms with Gasteiger partial charge in [-0.05, 0) is 63.9 Å². The minimum absolute atomic E-state index is 0.0884. The number of hydrogen-bond acceptors (Lipinski definition) is 7. The molecule has 0 heterocycles. The smallest absolute Gasteiger partial charge is 0.472 e. The highest BCUT2D eigenvalue weighted by Gasteiger charge is 2.83. The Labute approximate surface area is 341 Å². The molecular weight excluding hydrogens is 721 g/mol. The van der Waals surface area contributed by atoms with Gasteiger partial charge in [0.25, 0.3) is 0 Å². The Morgan fingerprint density at radius 2 is 1.11 bits per heavy atom. The highest BCUT2D eigenvalue weighted by molar-refractivity contribution is 7.47. The van der Waals surface area contributed by atoms with E-state index in [9.17, 15) is 14.3 Å². The highest BCUT2D eigenvalue weighted by Crippen LogP contribution is 2.70. The van der Waals surface area contributed by atoms with Gasteiger partial charge in [-0.2, -0.15) is 0 Å². The van der Waals surface area contributed by atoms with Crippen LogP contribution in [0, 0.1) is 0 Å². The number of esters is 1. The quantitative estimate of drug-likeness (QED) is 0.0210. The maximum Gasteiger partial charge on any atom is 0.472 e. The van der Waals surface area contributed by atoms with E-state index in [0.717, 1.165) is 51.4 Å². The van der Waals surface area contributed by atoms with E-state index in [1.165, 1.54) is 83.5 Å². The molecule has 3 saturated carbocycles. The van der Waals surface area contributed by atoms with E-state index < -0.39 is 31.1 Å². The van der Waals surface area contributed by atoms with Crippen molar-refractivity contribution in [2.45, 2.75) is 192 Å². The molecule has 0 saturated heterocycles. The van der Waals surface area contributed by atoms with Crippen molar-refractivity contribution in [3.8, 4) is 0 Å². The maximum absolute atomic E-state index is 12.9. The number of allylic oxidation sites excluding steroid dienone is 13. The second kappa shape index (κ2) is 31.5. The largest absolute Gasteiger partial charge is 0.491 e. The molecule has 0 aromatic rings. The molecule has 2 unspecified atom stereocenters. The van der Waals surface area contributed by atoms with Crippen LogP contribution in [0.4, 0.5) is 0 Å². The van der Waals surface area contributed by atoms with E-state index in [1.807, 2.05) is 18.2 Å². The summed E-state index contributed by atoms with van der Waals surface area (Å²) in [6.07, 6.45) is 55.4. The zero-order chi connectivity index (χ0) is 40.5. The van der Waals surface area contributed by atoms with E-state index in [1.54, 1.807) is 6.26 Å². The normalized spacial score (nSPS) is 22.0. The number of carbonyl (C=O) groups is 1. The van der Waals surface area contributed by atoms with E-state index in [0.29, 0.717) is 19.3 Å². The number of hydrogen-bond donors (Lipinski definition) is 2. The van der Waals surface area contributed by atoms with Gasteiger partial charge in [-0.1, -0.05) is 170 Å². The molecule has 9 heteroatoms. The van der Waals surface area contributed by atoms with E-state index in [2.05, 4.69) is 74.6 Å². The minimum atomic E-state index is -4.36. The number of carbonyl (C=O) groups excluding carboxylic acids is 1. The summed E-state index contributed by atoms with van der Waals surface area (Å²) in [5.74, 6) is -0.392. The first-order chi connectivity index (χ1) is 27.3. The lowest BCUT2D eigenvalue weighted by Crippen LogP contribution is -2.85. The van der Waals surface area contributed by atoms with Crippen LogP contribution in [0.2, 0.25) is 0 Å². The average molecular weight is 800 g/mol. The van der Waals surface area contributed by atoms with Gasteiger partial charge in [0.05, 0.1) is 12.9 Å². The van der Waals surface area contributed by atoms with Gasteiger partial charge >= 0.3 is 13.8 Å². The number of phosphoric acid groups is 1. The van der Waals surface area contributed by atoms with E-state index in [-0.39, 0.29) is 19.6 Å². The molecule has 3 aliphatic carbocycles. The number of unbranched alkanes of at least 4 members (excludes halogenated alkanes) is 14. The Morgan fingerprint density at radius 1 is 0.643 bits per heavy atom. The van der Waals surface area contributed by atoms with Crippen LogP contribution >= 0.6 is 7.82 Å². The molecule has 0 radical (unpaired) electrons. The molecule has 0 aromatic heterocycles. The van der Waals surface area contributed by atoms with Crippen LogP contribution in [-0.2, 0) is 27.9 Å². The molecule has 8 nitrogen and oxygen atoms in total. The molecule has 56 heavy (non-hydrogen) atoms. The summed E-state index contributed by atoms with van der Waals surface area (Å²) in [6.45, 7) is 4.40. The Hall–Kier alpha value is -2.48. The summed E-state index contributed by atoms with van der Waals surface area (Å²) >= 11 is 0. The van der Waals surface area contributed by atoms with Crippen molar-refractivity contribution in [3.63, 3.8) is 0 Å². The predicted octanol–water partition coefficient (Wildman–Crippen LogP) is 13.2. The molecule has 0 spiro atoms. The SMILES string of the molecule is CC/C=C\C/C=C\C/C=C\C/C=C\C/C=C\C/C=C\CCC(=O)OC1C2(O/C=C\CCCCCCCCCCCCCCCC)CC1(OP(=O)(O)OCCN)C2. The predicted molar refractivity (Wildman–Crippen MR) is 233 cm³/mol. The molecule has 318 valence electrons. The molecule has 2 atom stereocenters. The van der Waals surface area contributed by atoms with Crippen molar-refractivity contribution in [2.75, 3.05) is 13.2 Å². The standard InChI is InChI=1S/C47H78NO7P/c1-3-5-7-9-11-13-15-17-19-21-22-23-24-26-28-30-32-34-36-38-44(49)54-45-46(42-47(45,43-46)55-56(50,51)53-41-39-48)52-40-37-35-33-31-29-27-25-20-18-16-14-12-10-8-6-4-2/h5,7,11,13,17,19,22-23,26,28,32,34,37,40,45H,3-4,6,8-10,12,14-16,18,20-21,24-25,27,29-31,33,35-36,38-39,41-43,48H2,1-2H3,(H,50,51)/b7-5-,13-11-,19-17-,23-22-,28-26-,34-32-,40-37-. The van der Waals surface area contributed by atoms with E-state index >= 15 is 0 Å². The fourth-order valence-corrected chi connectivity index (χ4v) is 8.26. The lowest BCUT2D eigenvalue weighted by Gasteiger charge is -2.71. The highest BCUT2D eigenvalue weighted by atomic mass is 31.2. The van der Waals surface area contributed by atoms with Crippen LogP contribution in [-0.4, -0.2) is 41.3 Å². The summed E-state index contributed by atoms with van der Waals surface area (Å²) in [4.78, 5) is 23.1. The molecule has 3 N–H and O–H groups in total. The van der Waals surface area contributed by atoms with Crippen LogP contribution < -0.4 is 5.73 Å². The van der Waals surface area contributed by atoms with Crippen molar-refractivity contribution in [1.82, 2.24) is 0 Å². The third-order valence-corrected chi connectivity index (χ3v) is 11.4. The van der Waals surface area contributed by atoms with Gasteiger partial charge in [0, 0.05) is 25.8 Å². The molecule has 0 aromatic carbocycles. The lowest BCUT2D eigenvalue weighted by atomic mass is 9.45. The number of rotatable bonds is 37. The van der Waals surface area contributed by atoms with E-state index in [4.69, 9.17) is 24.3 Å². The second-order valence-electron chi connectivity index (χ2n) is 15.4. The number of nitrogens with two attached hydrogens (primary N) is 1. The molecule has 0 aliphatic heterocycles. The monoisotopic (exact) mass is 800 g/mol. The first-order valence-corrected chi connectivity index (χ1v) is 23.6. The number of ether oxygens (including phenoxy) is 2. The molecule has 2 bridgehead atoms. The summed E-state index contributed by atoms with van der Waals surface area (Å²) in [7, 11) is -4.36. The van der Waals surface area contributed by atoms with Crippen molar-refractivity contribution in [2.24, 2.45) is 5.73 Å². The Morgan fingerprint density at radius 3 is 1.59 bits per heavy atom. The molecule has 0 amide bonds. The number of phosphoric ester groups is 1. The van der Waals surface area contributed by atoms with Gasteiger partial charge in [0.15, 0.2) is 11.7 Å². The van der Waals surface area contributed by atoms with Crippen molar-refractivity contribution in [1.29, 1.82) is 0 Å². The summed E-state index contributed by atoms with van der Waals surface area (Å²) < 4.78 is 35.1. The molecule has 3 rings (SSSR count). The fourth-order valence-electron chi connectivity index (χ4n) is 7.19. The summed E-state index contributed by atoms with van der Waals surface area (Å²) in [5.41, 5.74) is 3.60.